The van der Waals surface area contributed by atoms with Gasteiger partial charge in [0.05, 0.1) is 13.1 Å². The van der Waals surface area contributed by atoms with Gasteiger partial charge in [-0.05, 0) is 24.7 Å². The van der Waals surface area contributed by atoms with Gasteiger partial charge in [-0.15, -0.1) is 0 Å². The molecule has 70 valence electrons. The topological polar surface area (TPSA) is 58.9 Å². The van der Waals surface area contributed by atoms with Crippen LogP contribution in [-0.4, -0.2) is 25.2 Å². The van der Waals surface area contributed by atoms with E-state index in [1.165, 1.54) is 12.2 Å². The number of aliphatic imine (C=N–C) groups is 2. The van der Waals surface area contributed by atoms with E-state index < -0.39 is 0 Å². The van der Waals surface area contributed by atoms with Crippen LogP contribution in [0.4, 0.5) is 0 Å². The Hall–Kier alpha value is -1.24. The fourth-order valence-corrected chi connectivity index (χ4v) is 1.90. The predicted octanol–water partition coefficient (Wildman–Crippen LogP) is 1.07. The highest BCUT2D eigenvalue weighted by Crippen LogP contribution is 2.31. The molecule has 1 rings (SSSR count). The Morgan fingerprint density at radius 3 is 1.85 bits per heavy atom. The molecule has 1 fully saturated rings. The molecule has 1 aliphatic rings. The van der Waals surface area contributed by atoms with Crippen molar-refractivity contribution >= 4 is 12.2 Å². The van der Waals surface area contributed by atoms with Gasteiger partial charge in [-0.3, -0.25) is 0 Å². The molecule has 0 bridgehead atoms. The normalized spacial score (nSPS) is 26.2. The summed E-state index contributed by atoms with van der Waals surface area (Å²) in [4.78, 5) is 26.9. The minimum atomic E-state index is 0.401. The van der Waals surface area contributed by atoms with Crippen LogP contribution in [0, 0.1) is 11.8 Å². The lowest BCUT2D eigenvalue weighted by molar-refractivity contribution is 0.405. The molecular formula is C9H12N2O2. The van der Waals surface area contributed by atoms with E-state index in [-0.39, 0.29) is 0 Å². The van der Waals surface area contributed by atoms with Gasteiger partial charge in [0.2, 0.25) is 12.2 Å². The molecule has 4 heteroatoms. The maximum atomic E-state index is 9.90. The SMILES string of the molecule is O=C=NCC1CCCC1CN=C=O. The van der Waals surface area contributed by atoms with Crippen LogP contribution in [0.15, 0.2) is 9.98 Å². The van der Waals surface area contributed by atoms with Crippen LogP contribution in [0.3, 0.4) is 0 Å². The van der Waals surface area contributed by atoms with Crippen LogP contribution in [0.5, 0.6) is 0 Å². The van der Waals surface area contributed by atoms with Crippen molar-refractivity contribution in [1.82, 2.24) is 0 Å². The van der Waals surface area contributed by atoms with Gasteiger partial charge in [-0.25, -0.2) is 19.6 Å². The monoisotopic (exact) mass is 180 g/mol. The van der Waals surface area contributed by atoms with Gasteiger partial charge in [-0.2, -0.15) is 0 Å². The van der Waals surface area contributed by atoms with Gasteiger partial charge in [0.25, 0.3) is 0 Å². The van der Waals surface area contributed by atoms with E-state index in [1.54, 1.807) is 0 Å². The minimum absolute atomic E-state index is 0.401. The molecule has 1 saturated carbocycles. The number of hydrogen-bond donors (Lipinski definition) is 0. The number of nitrogens with zero attached hydrogens (tertiary/aromatic N) is 2. The first-order valence-electron chi connectivity index (χ1n) is 4.45. The molecule has 4 nitrogen and oxygen atoms in total. The Morgan fingerprint density at radius 2 is 1.46 bits per heavy atom. The molecule has 0 aromatic rings. The largest absolute Gasteiger partial charge is 0.234 e. The Balaban J connectivity index is 2.42. The van der Waals surface area contributed by atoms with Crippen molar-refractivity contribution in [1.29, 1.82) is 0 Å². The number of rotatable bonds is 4. The van der Waals surface area contributed by atoms with Crippen LogP contribution in [0.25, 0.3) is 0 Å². The lowest BCUT2D eigenvalue weighted by Gasteiger charge is -2.13. The summed E-state index contributed by atoms with van der Waals surface area (Å²) in [5.74, 6) is 0.803. The highest BCUT2D eigenvalue weighted by atomic mass is 16.1. The first-order valence-corrected chi connectivity index (χ1v) is 4.45. The first-order chi connectivity index (χ1) is 6.38. The molecule has 0 aromatic heterocycles. The third-order valence-corrected chi connectivity index (χ3v) is 2.60. The summed E-state index contributed by atoms with van der Waals surface area (Å²) in [5, 5.41) is 0. The van der Waals surface area contributed by atoms with Crippen molar-refractivity contribution in [3.63, 3.8) is 0 Å². The van der Waals surface area contributed by atoms with E-state index >= 15 is 0 Å². The highest BCUT2D eigenvalue weighted by Gasteiger charge is 2.26. The maximum absolute atomic E-state index is 9.90. The molecule has 0 amide bonds. The smallest absolute Gasteiger partial charge is 0.211 e. The third kappa shape index (κ3) is 2.94. The van der Waals surface area contributed by atoms with Crippen molar-refractivity contribution in [3.05, 3.63) is 0 Å². The average Bonchev–Trinajstić information content (AvgIpc) is 2.59. The lowest BCUT2D eigenvalue weighted by atomic mass is 9.96. The van der Waals surface area contributed by atoms with Crippen LogP contribution in [0.2, 0.25) is 0 Å². The summed E-state index contributed by atoms with van der Waals surface area (Å²) in [5.41, 5.74) is 0. The Kier molecular flexibility index (Phi) is 4.10. The van der Waals surface area contributed by atoms with E-state index in [4.69, 9.17) is 0 Å². The maximum Gasteiger partial charge on any atom is 0.234 e. The van der Waals surface area contributed by atoms with E-state index in [0.717, 1.165) is 19.3 Å². The van der Waals surface area contributed by atoms with Crippen molar-refractivity contribution in [3.8, 4) is 0 Å². The van der Waals surface area contributed by atoms with E-state index in [9.17, 15) is 9.59 Å². The predicted molar refractivity (Wildman–Crippen MR) is 46.8 cm³/mol. The summed E-state index contributed by atoms with van der Waals surface area (Å²) < 4.78 is 0. The third-order valence-electron chi connectivity index (χ3n) is 2.60. The summed E-state index contributed by atoms with van der Waals surface area (Å²) in [6, 6.07) is 0. The average molecular weight is 180 g/mol. The highest BCUT2D eigenvalue weighted by molar-refractivity contribution is 5.33. The summed E-state index contributed by atoms with van der Waals surface area (Å²) in [7, 11) is 0. The number of hydrogen-bond acceptors (Lipinski definition) is 4. The molecule has 0 N–H and O–H groups in total. The first kappa shape index (κ1) is 9.85. The molecule has 0 spiro atoms. The summed E-state index contributed by atoms with van der Waals surface area (Å²) in [6.45, 7) is 1.06. The van der Waals surface area contributed by atoms with Crippen LogP contribution in [-0.2, 0) is 9.59 Å². The summed E-state index contributed by atoms with van der Waals surface area (Å²) >= 11 is 0. The standard InChI is InChI=1S/C9H12N2O2/c12-6-10-4-8-2-1-3-9(8)5-11-7-13/h8-9H,1-5H2. The molecule has 0 radical (unpaired) electrons. The van der Waals surface area contributed by atoms with Crippen molar-refractivity contribution in [2.45, 2.75) is 19.3 Å². The molecule has 2 unspecified atom stereocenters. The quantitative estimate of drug-likeness (QED) is 0.480. The van der Waals surface area contributed by atoms with E-state index in [2.05, 4.69) is 9.98 Å². The zero-order valence-electron chi connectivity index (χ0n) is 7.40. The van der Waals surface area contributed by atoms with Gasteiger partial charge in [-0.1, -0.05) is 6.42 Å². The van der Waals surface area contributed by atoms with Gasteiger partial charge >= 0.3 is 0 Å². The van der Waals surface area contributed by atoms with Crippen LogP contribution in [0.1, 0.15) is 19.3 Å². The van der Waals surface area contributed by atoms with Gasteiger partial charge in [0, 0.05) is 0 Å². The molecule has 13 heavy (non-hydrogen) atoms. The fourth-order valence-electron chi connectivity index (χ4n) is 1.90. The molecule has 0 heterocycles. The van der Waals surface area contributed by atoms with Crippen LogP contribution < -0.4 is 0 Å². The lowest BCUT2D eigenvalue weighted by Crippen LogP contribution is -2.13. The van der Waals surface area contributed by atoms with Crippen molar-refractivity contribution in [2.24, 2.45) is 21.8 Å². The Bertz CT molecular complexity index is 226. The van der Waals surface area contributed by atoms with E-state index in [0.29, 0.717) is 24.9 Å². The van der Waals surface area contributed by atoms with Gasteiger partial charge in [0.1, 0.15) is 0 Å². The Labute approximate surface area is 76.8 Å². The van der Waals surface area contributed by atoms with Crippen molar-refractivity contribution < 1.29 is 9.59 Å². The Morgan fingerprint density at radius 1 is 1.00 bits per heavy atom. The number of carbonyl (C=O) groups excluding carboxylic acids is 2. The number of isocyanates is 2. The second-order valence-corrected chi connectivity index (χ2v) is 3.32. The summed E-state index contributed by atoms with van der Waals surface area (Å²) in [6.07, 6.45) is 6.36. The molecule has 0 saturated heterocycles. The second kappa shape index (κ2) is 5.41. The molecule has 1 aliphatic carbocycles. The molecule has 0 aromatic carbocycles. The second-order valence-electron chi connectivity index (χ2n) is 3.32. The zero-order chi connectivity index (χ0) is 9.52. The van der Waals surface area contributed by atoms with Crippen molar-refractivity contribution in [2.75, 3.05) is 13.1 Å². The minimum Gasteiger partial charge on any atom is -0.211 e. The fraction of sp³-hybridized carbons (Fsp3) is 0.778. The molecule has 0 aliphatic heterocycles. The van der Waals surface area contributed by atoms with Gasteiger partial charge in [0.15, 0.2) is 0 Å². The molecule has 2 atom stereocenters. The molecular weight excluding hydrogens is 168 g/mol. The zero-order valence-corrected chi connectivity index (χ0v) is 7.40. The van der Waals surface area contributed by atoms with Gasteiger partial charge < -0.3 is 0 Å². The van der Waals surface area contributed by atoms with Crippen LogP contribution >= 0.6 is 0 Å². The van der Waals surface area contributed by atoms with E-state index in [1.807, 2.05) is 0 Å².